The summed E-state index contributed by atoms with van der Waals surface area (Å²) in [6.07, 6.45) is 3.23. The number of hydrogen-bond acceptors (Lipinski definition) is 2. The SMILES string of the molecule is Cc1ccc(C(C)(C(=O)O)n2cccn2)cc1Br. The van der Waals surface area contributed by atoms with Crippen LogP contribution in [-0.2, 0) is 10.3 Å². The average Bonchev–Trinajstić information content (AvgIpc) is 2.85. The van der Waals surface area contributed by atoms with Gasteiger partial charge in [-0.25, -0.2) is 4.79 Å². The highest BCUT2D eigenvalue weighted by Gasteiger charge is 2.38. The fraction of sp³-hybridized carbons (Fsp3) is 0.231. The zero-order chi connectivity index (χ0) is 13.3. The Labute approximate surface area is 113 Å². The molecule has 1 aromatic heterocycles. The van der Waals surface area contributed by atoms with E-state index in [9.17, 15) is 9.90 Å². The number of halogens is 1. The molecule has 1 atom stereocenters. The Morgan fingerprint density at radius 1 is 1.50 bits per heavy atom. The summed E-state index contributed by atoms with van der Waals surface area (Å²) in [5.41, 5.74) is 0.530. The Hall–Kier alpha value is -1.62. The monoisotopic (exact) mass is 308 g/mol. The van der Waals surface area contributed by atoms with Crippen LogP contribution >= 0.6 is 15.9 Å². The van der Waals surface area contributed by atoms with Gasteiger partial charge >= 0.3 is 5.97 Å². The molecule has 1 heterocycles. The minimum atomic E-state index is -1.21. The van der Waals surface area contributed by atoms with Gasteiger partial charge < -0.3 is 5.11 Å². The molecule has 0 amide bonds. The van der Waals surface area contributed by atoms with E-state index in [1.807, 2.05) is 25.1 Å². The van der Waals surface area contributed by atoms with Crippen molar-refractivity contribution in [2.24, 2.45) is 0 Å². The summed E-state index contributed by atoms with van der Waals surface area (Å²) in [7, 11) is 0. The third-order valence-corrected chi connectivity index (χ3v) is 3.97. The molecule has 0 bridgehead atoms. The van der Waals surface area contributed by atoms with E-state index < -0.39 is 11.5 Å². The Balaban J connectivity index is 2.61. The van der Waals surface area contributed by atoms with Crippen LogP contribution in [0.15, 0.2) is 41.1 Å². The molecule has 0 radical (unpaired) electrons. The number of carboxylic acids is 1. The third kappa shape index (κ3) is 1.95. The van der Waals surface area contributed by atoms with Crippen molar-refractivity contribution in [3.05, 3.63) is 52.3 Å². The van der Waals surface area contributed by atoms with E-state index in [1.165, 1.54) is 4.68 Å². The van der Waals surface area contributed by atoms with Crippen LogP contribution in [0.4, 0.5) is 0 Å². The van der Waals surface area contributed by atoms with E-state index in [4.69, 9.17) is 0 Å². The summed E-state index contributed by atoms with van der Waals surface area (Å²) < 4.78 is 2.34. The van der Waals surface area contributed by atoms with Crippen molar-refractivity contribution in [3.8, 4) is 0 Å². The van der Waals surface area contributed by atoms with Crippen LogP contribution in [-0.4, -0.2) is 20.9 Å². The first-order chi connectivity index (χ1) is 8.46. The first-order valence-corrected chi connectivity index (χ1v) is 6.25. The largest absolute Gasteiger partial charge is 0.479 e. The number of aliphatic carboxylic acids is 1. The fourth-order valence-electron chi connectivity index (χ4n) is 1.78. The van der Waals surface area contributed by atoms with Crippen LogP contribution in [0.5, 0.6) is 0 Å². The Morgan fingerprint density at radius 3 is 2.72 bits per heavy atom. The molecule has 18 heavy (non-hydrogen) atoms. The highest BCUT2D eigenvalue weighted by Crippen LogP contribution is 2.29. The van der Waals surface area contributed by atoms with Crippen molar-refractivity contribution >= 4 is 21.9 Å². The van der Waals surface area contributed by atoms with Crippen molar-refractivity contribution in [2.45, 2.75) is 19.4 Å². The fourth-order valence-corrected chi connectivity index (χ4v) is 2.16. The van der Waals surface area contributed by atoms with Crippen molar-refractivity contribution < 1.29 is 9.90 Å². The van der Waals surface area contributed by atoms with Gasteiger partial charge in [0, 0.05) is 16.9 Å². The zero-order valence-corrected chi connectivity index (χ0v) is 11.7. The molecule has 2 aromatic rings. The number of aromatic nitrogens is 2. The van der Waals surface area contributed by atoms with Gasteiger partial charge in [0.1, 0.15) is 0 Å². The molecular formula is C13H13BrN2O2. The van der Waals surface area contributed by atoms with Crippen LogP contribution in [0.2, 0.25) is 0 Å². The molecule has 2 rings (SSSR count). The van der Waals surface area contributed by atoms with Gasteiger partial charge in [0.2, 0.25) is 0 Å². The van der Waals surface area contributed by atoms with Crippen LogP contribution in [0, 0.1) is 6.92 Å². The summed E-state index contributed by atoms with van der Waals surface area (Å²) in [5.74, 6) is -0.943. The van der Waals surface area contributed by atoms with Gasteiger partial charge in [0.05, 0.1) is 0 Å². The van der Waals surface area contributed by atoms with Gasteiger partial charge in [0.15, 0.2) is 5.54 Å². The quantitative estimate of drug-likeness (QED) is 0.948. The number of rotatable bonds is 3. The van der Waals surface area contributed by atoms with Crippen LogP contribution in [0.3, 0.4) is 0 Å². The van der Waals surface area contributed by atoms with E-state index >= 15 is 0 Å². The number of carbonyl (C=O) groups is 1. The van der Waals surface area contributed by atoms with Crippen molar-refractivity contribution in [1.29, 1.82) is 0 Å². The maximum absolute atomic E-state index is 11.6. The molecule has 1 unspecified atom stereocenters. The average molecular weight is 309 g/mol. The summed E-state index contributed by atoms with van der Waals surface area (Å²) in [5, 5.41) is 13.6. The Kier molecular flexibility index (Phi) is 3.26. The number of carboxylic acid groups (broad SMARTS) is 1. The standard InChI is InChI=1S/C13H13BrN2O2/c1-9-4-5-10(8-11(9)14)13(2,12(17)18)16-7-3-6-15-16/h3-8H,1-2H3,(H,17,18). The number of hydrogen-bond donors (Lipinski definition) is 1. The second-order valence-electron chi connectivity index (χ2n) is 4.29. The van der Waals surface area contributed by atoms with Crippen molar-refractivity contribution in [2.75, 3.05) is 0 Å². The first-order valence-electron chi connectivity index (χ1n) is 5.46. The zero-order valence-electron chi connectivity index (χ0n) is 10.1. The first kappa shape index (κ1) is 12.8. The Morgan fingerprint density at radius 2 is 2.22 bits per heavy atom. The number of nitrogens with zero attached hydrogens (tertiary/aromatic N) is 2. The van der Waals surface area contributed by atoms with Gasteiger partial charge in [-0.05, 0) is 37.1 Å². The summed E-state index contributed by atoms with van der Waals surface area (Å²) in [6.45, 7) is 3.60. The molecular weight excluding hydrogens is 296 g/mol. The molecule has 94 valence electrons. The lowest BCUT2D eigenvalue weighted by molar-refractivity contribution is -0.144. The number of benzene rings is 1. The summed E-state index contributed by atoms with van der Waals surface area (Å²) in [6, 6.07) is 7.25. The second kappa shape index (κ2) is 4.57. The van der Waals surface area contributed by atoms with E-state index in [2.05, 4.69) is 21.0 Å². The molecule has 0 spiro atoms. The maximum atomic E-state index is 11.6. The van der Waals surface area contributed by atoms with Gasteiger partial charge in [-0.3, -0.25) is 4.68 Å². The topological polar surface area (TPSA) is 55.1 Å². The number of aryl methyl sites for hydroxylation is 1. The van der Waals surface area contributed by atoms with E-state index in [1.54, 1.807) is 25.4 Å². The predicted molar refractivity (Wildman–Crippen MR) is 71.5 cm³/mol. The van der Waals surface area contributed by atoms with Gasteiger partial charge in [-0.2, -0.15) is 5.10 Å². The lowest BCUT2D eigenvalue weighted by Gasteiger charge is -2.26. The highest BCUT2D eigenvalue weighted by atomic mass is 79.9. The lowest BCUT2D eigenvalue weighted by Crippen LogP contribution is -2.40. The van der Waals surface area contributed by atoms with Gasteiger partial charge in [0.25, 0.3) is 0 Å². The maximum Gasteiger partial charge on any atom is 0.336 e. The van der Waals surface area contributed by atoms with E-state index in [0.29, 0.717) is 5.56 Å². The van der Waals surface area contributed by atoms with Gasteiger partial charge in [-0.1, -0.05) is 28.1 Å². The minimum absolute atomic E-state index is 0.677. The smallest absolute Gasteiger partial charge is 0.336 e. The molecule has 0 saturated carbocycles. The van der Waals surface area contributed by atoms with Crippen LogP contribution in [0.25, 0.3) is 0 Å². The molecule has 0 aliphatic rings. The predicted octanol–water partition coefficient (Wildman–Crippen LogP) is 2.80. The third-order valence-electron chi connectivity index (χ3n) is 3.11. The lowest BCUT2D eigenvalue weighted by atomic mass is 9.91. The molecule has 0 saturated heterocycles. The molecule has 1 N–H and O–H groups in total. The van der Waals surface area contributed by atoms with Crippen LogP contribution < -0.4 is 0 Å². The Bertz CT molecular complexity index is 581. The summed E-state index contributed by atoms with van der Waals surface area (Å²) >= 11 is 3.43. The molecule has 0 aliphatic carbocycles. The molecule has 0 fully saturated rings. The van der Waals surface area contributed by atoms with Crippen molar-refractivity contribution in [3.63, 3.8) is 0 Å². The molecule has 4 nitrogen and oxygen atoms in total. The normalized spacial score (nSPS) is 14.2. The van der Waals surface area contributed by atoms with Crippen LogP contribution in [0.1, 0.15) is 18.1 Å². The molecule has 0 aliphatic heterocycles. The van der Waals surface area contributed by atoms with Crippen molar-refractivity contribution in [1.82, 2.24) is 9.78 Å². The molecule has 5 heteroatoms. The molecule has 1 aromatic carbocycles. The van der Waals surface area contributed by atoms with E-state index in [-0.39, 0.29) is 0 Å². The summed E-state index contributed by atoms with van der Waals surface area (Å²) in [4.78, 5) is 11.6. The van der Waals surface area contributed by atoms with Gasteiger partial charge in [-0.15, -0.1) is 0 Å². The highest BCUT2D eigenvalue weighted by molar-refractivity contribution is 9.10. The second-order valence-corrected chi connectivity index (χ2v) is 5.15. The van der Waals surface area contributed by atoms with E-state index in [0.717, 1.165) is 10.0 Å². The minimum Gasteiger partial charge on any atom is -0.479 e.